The van der Waals surface area contributed by atoms with E-state index in [1.165, 1.54) is 0 Å². The first-order valence-electron chi connectivity index (χ1n) is 12.3. The maximum atomic E-state index is 13.3. The summed E-state index contributed by atoms with van der Waals surface area (Å²) in [5.74, 6) is -1.26. The average molecular weight is 479 g/mol. The van der Waals surface area contributed by atoms with E-state index in [1.807, 2.05) is 45.0 Å². The van der Waals surface area contributed by atoms with E-state index in [1.54, 1.807) is 11.8 Å². The van der Waals surface area contributed by atoms with Crippen LogP contribution in [-0.4, -0.2) is 53.7 Å². The number of aliphatic carboxylic acids is 1. The van der Waals surface area contributed by atoms with Crippen molar-refractivity contribution in [3.63, 3.8) is 0 Å². The lowest BCUT2D eigenvalue weighted by atomic mass is 9.81. The average Bonchev–Trinajstić information content (AvgIpc) is 3.31. The number of carboxylic acid groups (broad SMARTS) is 1. The van der Waals surface area contributed by atoms with E-state index in [-0.39, 0.29) is 36.8 Å². The molecule has 2 aromatic carbocycles. The van der Waals surface area contributed by atoms with Crippen molar-refractivity contribution in [2.75, 3.05) is 19.7 Å². The minimum atomic E-state index is -0.998. The Balaban J connectivity index is 1.44. The van der Waals surface area contributed by atoms with Crippen LogP contribution in [0.3, 0.4) is 0 Å². The number of alkyl carbamates (subject to hydrolysis) is 1. The Labute approximate surface area is 206 Å². The van der Waals surface area contributed by atoms with Crippen molar-refractivity contribution in [2.24, 2.45) is 17.3 Å². The topological polar surface area (TPSA) is 95.9 Å². The molecule has 0 bridgehead atoms. The molecule has 1 fully saturated rings. The van der Waals surface area contributed by atoms with Gasteiger partial charge in [-0.15, -0.1) is 0 Å². The lowest BCUT2D eigenvalue weighted by Crippen LogP contribution is -2.49. The van der Waals surface area contributed by atoms with Gasteiger partial charge in [0.1, 0.15) is 12.6 Å². The lowest BCUT2D eigenvalue weighted by molar-refractivity contribution is -0.149. The summed E-state index contributed by atoms with van der Waals surface area (Å²) >= 11 is 0. The maximum Gasteiger partial charge on any atom is 0.407 e. The van der Waals surface area contributed by atoms with Crippen LogP contribution < -0.4 is 5.32 Å². The SMILES string of the molecule is CC(C)C[C@@H](NC(=O)OCC1c2ccccc2-c2ccccc21)C(=O)N1CC(C)C(C)(C(=O)O)C1. The minimum Gasteiger partial charge on any atom is -0.481 e. The molecule has 0 radical (unpaired) electrons. The van der Waals surface area contributed by atoms with Crippen molar-refractivity contribution in [2.45, 2.75) is 46.1 Å². The Bertz CT molecular complexity index is 1080. The van der Waals surface area contributed by atoms with Gasteiger partial charge in [-0.05, 0) is 47.4 Å². The number of nitrogens with zero attached hydrogens (tertiary/aromatic N) is 1. The molecule has 0 spiro atoms. The number of amides is 2. The Morgan fingerprint density at radius 1 is 1.09 bits per heavy atom. The van der Waals surface area contributed by atoms with Crippen molar-refractivity contribution in [1.82, 2.24) is 10.2 Å². The van der Waals surface area contributed by atoms with E-state index in [0.717, 1.165) is 22.3 Å². The molecule has 3 atom stereocenters. The fourth-order valence-electron chi connectivity index (χ4n) is 5.29. The Morgan fingerprint density at radius 2 is 1.66 bits per heavy atom. The predicted molar refractivity (Wildman–Crippen MR) is 133 cm³/mol. The van der Waals surface area contributed by atoms with Gasteiger partial charge in [-0.3, -0.25) is 9.59 Å². The first kappa shape index (κ1) is 24.8. The number of fused-ring (bicyclic) bond motifs is 3. The molecule has 1 saturated heterocycles. The fraction of sp³-hybridized carbons (Fsp3) is 0.464. The zero-order chi connectivity index (χ0) is 25.3. The first-order valence-corrected chi connectivity index (χ1v) is 12.3. The number of carbonyl (C=O) groups excluding carboxylic acids is 2. The summed E-state index contributed by atoms with van der Waals surface area (Å²) in [5, 5.41) is 12.4. The second-order valence-corrected chi connectivity index (χ2v) is 10.5. The number of carbonyl (C=O) groups is 3. The molecule has 2 N–H and O–H groups in total. The van der Waals surface area contributed by atoms with Gasteiger partial charge in [0, 0.05) is 19.0 Å². The Morgan fingerprint density at radius 3 is 2.17 bits per heavy atom. The molecule has 35 heavy (non-hydrogen) atoms. The van der Waals surface area contributed by atoms with Gasteiger partial charge in [-0.25, -0.2) is 4.79 Å². The summed E-state index contributed by atoms with van der Waals surface area (Å²) in [5.41, 5.74) is 3.54. The molecule has 2 aromatic rings. The van der Waals surface area contributed by atoms with Crippen molar-refractivity contribution < 1.29 is 24.2 Å². The maximum absolute atomic E-state index is 13.3. The van der Waals surface area contributed by atoms with Gasteiger partial charge in [0.25, 0.3) is 0 Å². The van der Waals surface area contributed by atoms with Gasteiger partial charge in [-0.2, -0.15) is 0 Å². The summed E-state index contributed by atoms with van der Waals surface area (Å²) in [6.45, 7) is 8.12. The Hall–Kier alpha value is -3.35. The number of carboxylic acids is 1. The number of nitrogens with one attached hydrogen (secondary N) is 1. The number of hydrogen-bond donors (Lipinski definition) is 2. The van der Waals surface area contributed by atoms with E-state index >= 15 is 0 Å². The molecule has 2 unspecified atom stereocenters. The van der Waals surface area contributed by atoms with Crippen LogP contribution in [0.15, 0.2) is 48.5 Å². The summed E-state index contributed by atoms with van der Waals surface area (Å²) in [7, 11) is 0. The van der Waals surface area contributed by atoms with Crippen LogP contribution in [0.25, 0.3) is 11.1 Å². The third-order valence-electron chi connectivity index (χ3n) is 7.54. The highest BCUT2D eigenvalue weighted by Crippen LogP contribution is 2.44. The number of likely N-dealkylation sites (tertiary alicyclic amines) is 1. The minimum absolute atomic E-state index is 0.0666. The van der Waals surface area contributed by atoms with Crippen LogP contribution in [0, 0.1) is 17.3 Å². The molecule has 1 heterocycles. The molecule has 2 aliphatic rings. The van der Waals surface area contributed by atoms with Crippen molar-refractivity contribution in [3.8, 4) is 11.1 Å². The summed E-state index contributed by atoms with van der Waals surface area (Å²) in [6.07, 6.45) is -0.198. The van der Waals surface area contributed by atoms with E-state index in [4.69, 9.17) is 4.74 Å². The molecule has 0 aromatic heterocycles. The second-order valence-electron chi connectivity index (χ2n) is 10.5. The lowest BCUT2D eigenvalue weighted by Gasteiger charge is -2.26. The first-order chi connectivity index (χ1) is 16.6. The van der Waals surface area contributed by atoms with Crippen molar-refractivity contribution >= 4 is 18.0 Å². The van der Waals surface area contributed by atoms with Gasteiger partial charge in [0.05, 0.1) is 5.41 Å². The molecule has 7 nitrogen and oxygen atoms in total. The largest absolute Gasteiger partial charge is 0.481 e. The smallest absolute Gasteiger partial charge is 0.407 e. The van der Waals surface area contributed by atoms with Gasteiger partial charge in [-0.1, -0.05) is 69.3 Å². The van der Waals surface area contributed by atoms with Crippen LogP contribution in [0.1, 0.15) is 51.2 Å². The van der Waals surface area contributed by atoms with E-state index in [2.05, 4.69) is 29.6 Å². The van der Waals surface area contributed by atoms with Gasteiger partial charge in [0.15, 0.2) is 0 Å². The third kappa shape index (κ3) is 4.77. The highest BCUT2D eigenvalue weighted by Gasteiger charge is 2.48. The number of ether oxygens (including phenoxy) is 1. The molecular weight excluding hydrogens is 444 g/mol. The van der Waals surface area contributed by atoms with Gasteiger partial charge < -0.3 is 20.1 Å². The zero-order valence-corrected chi connectivity index (χ0v) is 20.8. The molecule has 1 aliphatic heterocycles. The van der Waals surface area contributed by atoms with Gasteiger partial charge >= 0.3 is 12.1 Å². The highest BCUT2D eigenvalue weighted by atomic mass is 16.5. The van der Waals surface area contributed by atoms with Crippen molar-refractivity contribution in [1.29, 1.82) is 0 Å². The summed E-state index contributed by atoms with van der Waals surface area (Å²) < 4.78 is 5.65. The van der Waals surface area contributed by atoms with Gasteiger partial charge in [0.2, 0.25) is 5.91 Å². The highest BCUT2D eigenvalue weighted by molar-refractivity contribution is 5.87. The second kappa shape index (κ2) is 9.72. The summed E-state index contributed by atoms with van der Waals surface area (Å²) in [6, 6.07) is 15.5. The molecule has 2 amide bonds. The molecule has 186 valence electrons. The van der Waals surface area contributed by atoms with Crippen LogP contribution >= 0.6 is 0 Å². The normalized spacial score (nSPS) is 22.0. The fourth-order valence-corrected chi connectivity index (χ4v) is 5.29. The monoisotopic (exact) mass is 478 g/mol. The molecule has 7 heteroatoms. The Kier molecular flexibility index (Phi) is 6.88. The van der Waals surface area contributed by atoms with Crippen LogP contribution in [0.5, 0.6) is 0 Å². The van der Waals surface area contributed by atoms with Crippen LogP contribution in [0.2, 0.25) is 0 Å². The number of hydrogen-bond acceptors (Lipinski definition) is 4. The molecule has 1 aliphatic carbocycles. The van der Waals surface area contributed by atoms with Crippen LogP contribution in [-0.2, 0) is 14.3 Å². The molecular formula is C28H34N2O5. The van der Waals surface area contributed by atoms with Crippen molar-refractivity contribution in [3.05, 3.63) is 59.7 Å². The number of rotatable bonds is 7. The molecule has 0 saturated carbocycles. The molecule has 4 rings (SSSR count). The van der Waals surface area contributed by atoms with Crippen LogP contribution in [0.4, 0.5) is 4.79 Å². The van der Waals surface area contributed by atoms with E-state index in [0.29, 0.717) is 13.0 Å². The summed E-state index contributed by atoms with van der Waals surface area (Å²) in [4.78, 5) is 39.5. The zero-order valence-electron chi connectivity index (χ0n) is 20.8. The number of benzene rings is 2. The van der Waals surface area contributed by atoms with E-state index < -0.39 is 23.5 Å². The third-order valence-corrected chi connectivity index (χ3v) is 7.54. The van der Waals surface area contributed by atoms with E-state index in [9.17, 15) is 19.5 Å². The predicted octanol–water partition coefficient (Wildman–Crippen LogP) is 4.51. The quantitative estimate of drug-likeness (QED) is 0.611. The standard InChI is InChI=1S/C28H34N2O5/c1-17(2)13-24(25(31)30-14-18(3)28(4,16-30)26(32)33)29-27(34)35-15-23-21-11-7-5-9-19(21)20-10-6-8-12-22(20)23/h5-12,17-18,23-24H,13-16H2,1-4H3,(H,29,34)(H,32,33)/t18?,24-,28?/m1/s1.